The van der Waals surface area contributed by atoms with Gasteiger partial charge in [-0.15, -0.1) is 0 Å². The van der Waals surface area contributed by atoms with Crippen molar-refractivity contribution in [2.45, 2.75) is 90.3 Å². The van der Waals surface area contributed by atoms with Gasteiger partial charge in [0.05, 0.1) is 11.1 Å². The van der Waals surface area contributed by atoms with Gasteiger partial charge in [-0.1, -0.05) is 124 Å². The summed E-state index contributed by atoms with van der Waals surface area (Å²) in [7, 11) is 0. The van der Waals surface area contributed by atoms with Gasteiger partial charge in [0.1, 0.15) is 0 Å². The fourth-order valence-electron chi connectivity index (χ4n) is 7.55. The van der Waals surface area contributed by atoms with E-state index in [0.717, 1.165) is 35.8 Å². The van der Waals surface area contributed by atoms with E-state index >= 15 is 0 Å². The fourth-order valence-corrected chi connectivity index (χ4v) is 7.55. The van der Waals surface area contributed by atoms with Gasteiger partial charge in [-0.3, -0.25) is 0 Å². The molecule has 0 saturated heterocycles. The second kappa shape index (κ2) is 16.3. The molecule has 0 amide bonds. The minimum Gasteiger partial charge on any atom is -0.450 e. The highest BCUT2D eigenvalue weighted by molar-refractivity contribution is 5.90. The van der Waals surface area contributed by atoms with Gasteiger partial charge in [-0.05, 0) is 109 Å². The summed E-state index contributed by atoms with van der Waals surface area (Å²) in [6.45, 7) is 4.69. The van der Waals surface area contributed by atoms with Crippen molar-refractivity contribution in [3.8, 4) is 0 Å². The number of esters is 2. The molecule has 0 heterocycles. The Bertz CT molecular complexity index is 1460. The third-order valence-electron chi connectivity index (χ3n) is 10.7. The van der Waals surface area contributed by atoms with E-state index in [0.29, 0.717) is 23.0 Å². The summed E-state index contributed by atoms with van der Waals surface area (Å²) < 4.78 is 12.5. The van der Waals surface area contributed by atoms with Crippen molar-refractivity contribution in [2.75, 3.05) is 0 Å². The van der Waals surface area contributed by atoms with Crippen molar-refractivity contribution in [1.82, 2.24) is 0 Å². The Hall–Kier alpha value is -4.18. The van der Waals surface area contributed by atoms with E-state index in [4.69, 9.17) is 9.47 Å². The SMILES string of the molecule is CC1CCC(Cc2ccc(C(=O)O[C@H](c3ccccc3)[C@H](OC(=O)c3ccc(CC4CCC(C)CC4)cc3)c3ccccc3)cc2)CC1. The highest BCUT2D eigenvalue weighted by atomic mass is 16.6. The zero-order chi connectivity index (χ0) is 33.3. The average molecular weight is 643 g/mol. The van der Waals surface area contributed by atoms with Crippen molar-refractivity contribution < 1.29 is 19.1 Å². The Morgan fingerprint density at radius 3 is 1.17 bits per heavy atom. The minimum atomic E-state index is -0.845. The standard InChI is InChI=1S/C44H50O4/c1-31-13-17-33(18-14-31)29-35-21-25-39(26-22-35)43(45)47-41(37-9-5-3-6-10-37)42(38-11-7-4-8-12-38)48-44(46)40-27-23-36(24-28-40)30-34-19-15-32(2)16-20-34/h3-12,21-28,31-34,41-42H,13-20,29-30H2,1-2H3/t31?,32?,33?,34?,41-,42-/m1/s1. The number of hydrogen-bond donors (Lipinski definition) is 0. The maximum atomic E-state index is 13.7. The van der Waals surface area contributed by atoms with Gasteiger partial charge in [-0.25, -0.2) is 9.59 Å². The Labute approximate surface area is 286 Å². The molecule has 2 aliphatic rings. The average Bonchev–Trinajstić information content (AvgIpc) is 3.13. The zero-order valence-corrected chi connectivity index (χ0v) is 28.6. The third-order valence-corrected chi connectivity index (χ3v) is 10.7. The van der Waals surface area contributed by atoms with Crippen molar-refractivity contribution >= 4 is 11.9 Å². The van der Waals surface area contributed by atoms with E-state index in [1.54, 1.807) is 0 Å². The first-order valence-electron chi connectivity index (χ1n) is 18.1. The lowest BCUT2D eigenvalue weighted by atomic mass is 9.80. The van der Waals surface area contributed by atoms with E-state index < -0.39 is 24.1 Å². The molecule has 0 N–H and O–H groups in total. The van der Waals surface area contributed by atoms with Crippen LogP contribution in [0.2, 0.25) is 0 Å². The van der Waals surface area contributed by atoms with Gasteiger partial charge in [0.2, 0.25) is 0 Å². The van der Waals surface area contributed by atoms with Gasteiger partial charge < -0.3 is 9.47 Å². The summed E-state index contributed by atoms with van der Waals surface area (Å²) in [4.78, 5) is 27.4. The lowest BCUT2D eigenvalue weighted by Gasteiger charge is -2.28. The summed E-state index contributed by atoms with van der Waals surface area (Å²) in [5.74, 6) is 2.19. The van der Waals surface area contributed by atoms with Gasteiger partial charge in [0, 0.05) is 0 Å². The zero-order valence-electron chi connectivity index (χ0n) is 28.6. The molecule has 2 aliphatic carbocycles. The van der Waals surface area contributed by atoms with Gasteiger partial charge in [0.25, 0.3) is 0 Å². The van der Waals surface area contributed by atoms with Crippen LogP contribution >= 0.6 is 0 Å². The summed E-state index contributed by atoms with van der Waals surface area (Å²) in [5, 5.41) is 0. The van der Waals surface area contributed by atoms with Gasteiger partial charge >= 0.3 is 11.9 Å². The first kappa shape index (κ1) is 33.7. The normalized spacial score (nSPS) is 22.3. The molecule has 4 nitrogen and oxygen atoms in total. The van der Waals surface area contributed by atoms with Crippen molar-refractivity contribution in [2.24, 2.45) is 23.7 Å². The third kappa shape index (κ3) is 9.04. The topological polar surface area (TPSA) is 52.6 Å². The number of hydrogen-bond acceptors (Lipinski definition) is 4. The highest BCUT2D eigenvalue weighted by Crippen LogP contribution is 2.37. The van der Waals surface area contributed by atoms with Crippen LogP contribution in [0.3, 0.4) is 0 Å². The molecule has 4 aromatic rings. The Balaban J connectivity index is 1.19. The van der Waals surface area contributed by atoms with Crippen LogP contribution in [0.4, 0.5) is 0 Å². The van der Waals surface area contributed by atoms with Crippen LogP contribution in [0.5, 0.6) is 0 Å². The molecule has 0 aromatic heterocycles. The number of benzene rings is 4. The quantitative estimate of drug-likeness (QED) is 0.153. The molecule has 2 fully saturated rings. The molecule has 4 aromatic carbocycles. The van der Waals surface area contributed by atoms with E-state index in [1.807, 2.05) is 84.9 Å². The minimum absolute atomic E-state index is 0.444. The maximum Gasteiger partial charge on any atom is 0.338 e. The molecule has 0 bridgehead atoms. The Morgan fingerprint density at radius 1 is 0.500 bits per heavy atom. The van der Waals surface area contributed by atoms with Crippen LogP contribution in [0.1, 0.15) is 120 Å². The molecule has 2 saturated carbocycles. The van der Waals surface area contributed by atoms with Crippen LogP contribution in [0.25, 0.3) is 0 Å². The second-order valence-electron chi connectivity index (χ2n) is 14.5. The predicted octanol–water partition coefficient (Wildman–Crippen LogP) is 10.9. The van der Waals surface area contributed by atoms with Crippen LogP contribution < -0.4 is 0 Å². The molecule has 6 rings (SSSR count). The van der Waals surface area contributed by atoms with Gasteiger partial charge in [0.15, 0.2) is 12.2 Å². The van der Waals surface area contributed by atoms with E-state index in [9.17, 15) is 9.59 Å². The molecule has 0 aliphatic heterocycles. The monoisotopic (exact) mass is 642 g/mol. The molecule has 0 radical (unpaired) electrons. The molecule has 250 valence electrons. The molecule has 0 unspecified atom stereocenters. The molecular formula is C44H50O4. The predicted molar refractivity (Wildman–Crippen MR) is 192 cm³/mol. The van der Waals surface area contributed by atoms with Crippen molar-refractivity contribution in [3.05, 3.63) is 143 Å². The summed E-state index contributed by atoms with van der Waals surface area (Å²) in [6.07, 6.45) is 10.7. The molecule has 2 atom stereocenters. The maximum absolute atomic E-state index is 13.7. The summed E-state index contributed by atoms with van der Waals surface area (Å²) >= 11 is 0. The van der Waals surface area contributed by atoms with Crippen LogP contribution in [-0.4, -0.2) is 11.9 Å². The number of carbonyl (C=O) groups excluding carboxylic acids is 2. The van der Waals surface area contributed by atoms with Crippen molar-refractivity contribution in [1.29, 1.82) is 0 Å². The second-order valence-corrected chi connectivity index (χ2v) is 14.5. The number of ether oxygens (including phenoxy) is 2. The van der Waals surface area contributed by atoms with Gasteiger partial charge in [-0.2, -0.15) is 0 Å². The van der Waals surface area contributed by atoms with Crippen LogP contribution in [-0.2, 0) is 22.3 Å². The lowest BCUT2D eigenvalue weighted by Crippen LogP contribution is -2.23. The molecule has 4 heteroatoms. The molecular weight excluding hydrogens is 592 g/mol. The largest absolute Gasteiger partial charge is 0.450 e. The lowest BCUT2D eigenvalue weighted by molar-refractivity contribution is -0.0388. The molecule has 0 spiro atoms. The molecule has 48 heavy (non-hydrogen) atoms. The first-order valence-corrected chi connectivity index (χ1v) is 18.1. The van der Waals surface area contributed by atoms with E-state index in [2.05, 4.69) is 38.1 Å². The Morgan fingerprint density at radius 2 is 0.833 bits per heavy atom. The van der Waals surface area contributed by atoms with Crippen LogP contribution in [0.15, 0.2) is 109 Å². The number of carbonyl (C=O) groups is 2. The fraction of sp³-hybridized carbons (Fsp3) is 0.409. The number of rotatable bonds is 11. The highest BCUT2D eigenvalue weighted by Gasteiger charge is 2.33. The smallest absolute Gasteiger partial charge is 0.338 e. The first-order chi connectivity index (χ1) is 23.4. The van der Waals surface area contributed by atoms with Crippen LogP contribution in [0, 0.1) is 23.7 Å². The van der Waals surface area contributed by atoms with E-state index in [1.165, 1.54) is 62.5 Å². The Kier molecular flexibility index (Phi) is 11.4. The summed E-state index contributed by atoms with van der Waals surface area (Å²) in [6, 6.07) is 34.8. The van der Waals surface area contributed by atoms with E-state index in [-0.39, 0.29) is 0 Å². The van der Waals surface area contributed by atoms with Crippen molar-refractivity contribution in [3.63, 3.8) is 0 Å². The summed E-state index contributed by atoms with van der Waals surface area (Å²) in [5.41, 5.74) is 4.99.